The maximum Gasteiger partial charge on any atom is 0.223 e. The van der Waals surface area contributed by atoms with Gasteiger partial charge in [0.2, 0.25) is 5.89 Å². The Morgan fingerprint density at radius 3 is 2.88 bits per heavy atom. The topological polar surface area (TPSA) is 76.1 Å². The van der Waals surface area contributed by atoms with Crippen molar-refractivity contribution < 1.29 is 4.52 Å². The summed E-state index contributed by atoms with van der Waals surface area (Å²) in [5.74, 6) is 2.32. The molecule has 2 aromatic heterocycles. The van der Waals surface area contributed by atoms with Gasteiger partial charge in [0, 0.05) is 26.1 Å². The van der Waals surface area contributed by atoms with Gasteiger partial charge < -0.3 is 4.52 Å². The first-order valence-electron chi connectivity index (χ1n) is 8.85. The third-order valence-electron chi connectivity index (χ3n) is 4.82. The van der Waals surface area contributed by atoms with Crippen molar-refractivity contribution in [3.63, 3.8) is 0 Å². The molecule has 136 valence electrons. The molecule has 1 aliphatic rings. The Kier molecular flexibility index (Phi) is 4.77. The van der Waals surface area contributed by atoms with Gasteiger partial charge in [-0.05, 0) is 25.6 Å². The van der Waals surface area contributed by atoms with Gasteiger partial charge in [-0.2, -0.15) is 10.1 Å². The Morgan fingerprint density at radius 1 is 1.27 bits per heavy atom. The number of aromatic nitrogens is 5. The van der Waals surface area contributed by atoms with E-state index < -0.39 is 0 Å². The SMILES string of the molecule is Cc1nc(CN(C)C2CCN(Cc3ncnn3-c3ccccc3)C2)no1. The van der Waals surface area contributed by atoms with Crippen LogP contribution >= 0.6 is 0 Å². The molecular formula is C18H23N7O. The van der Waals surface area contributed by atoms with Gasteiger partial charge in [-0.3, -0.25) is 9.80 Å². The Morgan fingerprint density at radius 2 is 2.12 bits per heavy atom. The molecular weight excluding hydrogens is 330 g/mol. The summed E-state index contributed by atoms with van der Waals surface area (Å²) < 4.78 is 6.97. The molecule has 1 aromatic carbocycles. The molecule has 26 heavy (non-hydrogen) atoms. The van der Waals surface area contributed by atoms with Crippen LogP contribution in [0.5, 0.6) is 0 Å². The van der Waals surface area contributed by atoms with Gasteiger partial charge >= 0.3 is 0 Å². The molecule has 3 aromatic rings. The first kappa shape index (κ1) is 16.9. The second-order valence-electron chi connectivity index (χ2n) is 6.75. The summed E-state index contributed by atoms with van der Waals surface area (Å²) in [6, 6.07) is 10.6. The zero-order chi connectivity index (χ0) is 17.9. The molecule has 0 radical (unpaired) electrons. The quantitative estimate of drug-likeness (QED) is 0.667. The minimum Gasteiger partial charge on any atom is -0.340 e. The van der Waals surface area contributed by atoms with E-state index in [0.717, 1.165) is 43.4 Å². The molecule has 0 N–H and O–H groups in total. The lowest BCUT2D eigenvalue weighted by Crippen LogP contribution is -2.34. The summed E-state index contributed by atoms with van der Waals surface area (Å²) in [5, 5.41) is 8.37. The Hall–Kier alpha value is -2.58. The first-order chi connectivity index (χ1) is 12.7. The summed E-state index contributed by atoms with van der Waals surface area (Å²) in [6.45, 7) is 5.35. The lowest BCUT2D eigenvalue weighted by Gasteiger charge is -2.23. The second kappa shape index (κ2) is 7.35. The smallest absolute Gasteiger partial charge is 0.223 e. The van der Waals surface area contributed by atoms with E-state index >= 15 is 0 Å². The average molecular weight is 353 g/mol. The highest BCUT2D eigenvalue weighted by atomic mass is 16.5. The monoisotopic (exact) mass is 353 g/mol. The number of para-hydroxylation sites is 1. The zero-order valence-electron chi connectivity index (χ0n) is 15.1. The highest BCUT2D eigenvalue weighted by Gasteiger charge is 2.27. The molecule has 0 aliphatic carbocycles. The Bertz CT molecular complexity index is 844. The molecule has 8 heteroatoms. The number of likely N-dealkylation sites (tertiary alicyclic amines) is 1. The molecule has 1 atom stereocenters. The van der Waals surface area contributed by atoms with Gasteiger partial charge in [0.05, 0.1) is 18.8 Å². The summed E-state index contributed by atoms with van der Waals surface area (Å²) in [6.07, 6.45) is 2.74. The van der Waals surface area contributed by atoms with Crippen LogP contribution in [0, 0.1) is 6.92 Å². The van der Waals surface area contributed by atoms with E-state index in [2.05, 4.69) is 37.1 Å². The zero-order valence-corrected chi connectivity index (χ0v) is 15.1. The standard InChI is InChI=1S/C18H23N7O/c1-14-21-17(22-26-14)11-23(2)16-8-9-24(10-16)12-18-19-13-20-25(18)15-6-4-3-5-7-15/h3-7,13,16H,8-12H2,1-2H3. The third-order valence-corrected chi connectivity index (χ3v) is 4.82. The number of hydrogen-bond donors (Lipinski definition) is 0. The van der Waals surface area contributed by atoms with Crippen molar-refractivity contribution in [3.05, 3.63) is 54.2 Å². The van der Waals surface area contributed by atoms with Crippen LogP contribution in [-0.2, 0) is 13.1 Å². The van der Waals surface area contributed by atoms with Gasteiger partial charge in [-0.15, -0.1) is 0 Å². The molecule has 0 saturated carbocycles. The molecule has 1 fully saturated rings. The van der Waals surface area contributed by atoms with Crippen molar-refractivity contribution >= 4 is 0 Å². The number of benzene rings is 1. The third kappa shape index (κ3) is 3.66. The number of likely N-dealkylation sites (N-methyl/N-ethyl adjacent to an activating group) is 1. The van der Waals surface area contributed by atoms with Crippen molar-refractivity contribution in [2.75, 3.05) is 20.1 Å². The molecule has 1 unspecified atom stereocenters. The van der Waals surface area contributed by atoms with Gasteiger partial charge in [-0.25, -0.2) is 9.67 Å². The van der Waals surface area contributed by atoms with Crippen LogP contribution in [0.15, 0.2) is 41.2 Å². The summed E-state index contributed by atoms with van der Waals surface area (Å²) in [4.78, 5) is 13.5. The first-order valence-corrected chi connectivity index (χ1v) is 8.85. The Labute approximate surface area is 152 Å². The van der Waals surface area contributed by atoms with Crippen LogP contribution in [0.1, 0.15) is 24.0 Å². The van der Waals surface area contributed by atoms with E-state index in [1.54, 1.807) is 6.33 Å². The fourth-order valence-electron chi connectivity index (χ4n) is 3.43. The van der Waals surface area contributed by atoms with Crippen LogP contribution in [0.2, 0.25) is 0 Å². The second-order valence-corrected chi connectivity index (χ2v) is 6.75. The largest absolute Gasteiger partial charge is 0.340 e. The van der Waals surface area contributed by atoms with E-state index in [0.29, 0.717) is 18.5 Å². The van der Waals surface area contributed by atoms with E-state index in [1.807, 2.05) is 41.9 Å². The van der Waals surface area contributed by atoms with Crippen molar-refractivity contribution in [1.82, 2.24) is 34.7 Å². The highest BCUT2D eigenvalue weighted by molar-refractivity contribution is 5.30. The molecule has 3 heterocycles. The van der Waals surface area contributed by atoms with E-state index in [4.69, 9.17) is 4.52 Å². The van der Waals surface area contributed by atoms with Gasteiger partial charge in [-0.1, -0.05) is 23.4 Å². The fraction of sp³-hybridized carbons (Fsp3) is 0.444. The summed E-state index contributed by atoms with van der Waals surface area (Å²) in [7, 11) is 2.12. The van der Waals surface area contributed by atoms with E-state index in [9.17, 15) is 0 Å². The molecule has 1 saturated heterocycles. The van der Waals surface area contributed by atoms with Crippen LogP contribution in [0.25, 0.3) is 5.69 Å². The van der Waals surface area contributed by atoms with E-state index in [1.165, 1.54) is 0 Å². The fourth-order valence-corrected chi connectivity index (χ4v) is 3.43. The molecule has 8 nitrogen and oxygen atoms in total. The van der Waals surface area contributed by atoms with Crippen LogP contribution in [-0.4, -0.2) is 60.9 Å². The van der Waals surface area contributed by atoms with Crippen LogP contribution in [0.3, 0.4) is 0 Å². The number of aryl methyl sites for hydroxylation is 1. The van der Waals surface area contributed by atoms with Gasteiger partial charge in [0.1, 0.15) is 12.2 Å². The maximum atomic E-state index is 5.06. The molecule has 0 bridgehead atoms. The highest BCUT2D eigenvalue weighted by Crippen LogP contribution is 2.19. The van der Waals surface area contributed by atoms with Crippen molar-refractivity contribution in [3.8, 4) is 5.69 Å². The number of nitrogens with zero attached hydrogens (tertiary/aromatic N) is 7. The molecule has 1 aliphatic heterocycles. The number of rotatable bonds is 6. The normalized spacial score (nSPS) is 18.0. The molecule has 0 spiro atoms. The maximum absolute atomic E-state index is 5.06. The van der Waals surface area contributed by atoms with Gasteiger partial charge in [0.25, 0.3) is 0 Å². The van der Waals surface area contributed by atoms with Crippen molar-refractivity contribution in [2.45, 2.75) is 32.5 Å². The minimum absolute atomic E-state index is 0.474. The van der Waals surface area contributed by atoms with E-state index in [-0.39, 0.29) is 0 Å². The van der Waals surface area contributed by atoms with Crippen molar-refractivity contribution in [1.29, 1.82) is 0 Å². The molecule has 0 amide bonds. The average Bonchev–Trinajstić information content (AvgIpc) is 3.38. The minimum atomic E-state index is 0.474. The lowest BCUT2D eigenvalue weighted by molar-refractivity contribution is 0.214. The number of hydrogen-bond acceptors (Lipinski definition) is 7. The molecule has 4 rings (SSSR count). The summed E-state index contributed by atoms with van der Waals surface area (Å²) in [5.41, 5.74) is 1.04. The summed E-state index contributed by atoms with van der Waals surface area (Å²) >= 11 is 0. The predicted octanol–water partition coefficient (Wildman–Crippen LogP) is 1.67. The predicted molar refractivity (Wildman–Crippen MR) is 95.5 cm³/mol. The van der Waals surface area contributed by atoms with Crippen LogP contribution < -0.4 is 0 Å². The van der Waals surface area contributed by atoms with Crippen LogP contribution in [0.4, 0.5) is 0 Å². The van der Waals surface area contributed by atoms with Crippen molar-refractivity contribution in [2.24, 2.45) is 0 Å². The van der Waals surface area contributed by atoms with Gasteiger partial charge in [0.15, 0.2) is 5.82 Å². The Balaban J connectivity index is 1.37. The lowest BCUT2D eigenvalue weighted by atomic mass is 10.2.